The number of rotatable bonds is 7. The molecule has 0 aliphatic heterocycles. The molecule has 1 aromatic carbocycles. The summed E-state index contributed by atoms with van der Waals surface area (Å²) in [6.07, 6.45) is 3.61. The zero-order valence-electron chi connectivity index (χ0n) is 14.4. The second kappa shape index (κ2) is 8.18. The third-order valence-electron chi connectivity index (χ3n) is 4.08. The first kappa shape index (κ1) is 16.8. The third kappa shape index (κ3) is 5.02. The third-order valence-corrected chi connectivity index (χ3v) is 4.08. The van der Waals surface area contributed by atoms with Crippen LogP contribution in [-0.2, 0) is 6.42 Å². The number of nitrogens with one attached hydrogen (secondary N) is 2. The minimum Gasteiger partial charge on any atom is -0.357 e. The van der Waals surface area contributed by atoms with E-state index in [2.05, 4.69) is 67.7 Å². The van der Waals surface area contributed by atoms with Crippen molar-refractivity contribution < 1.29 is 0 Å². The summed E-state index contributed by atoms with van der Waals surface area (Å²) in [7, 11) is 4.24. The van der Waals surface area contributed by atoms with Crippen molar-refractivity contribution in [1.82, 2.24) is 15.5 Å². The standard InChI is InChI=1S/C18H30N4/c1-5-14-7-9-15(10-8-14)17(22(3)4)13-20-18(19-6-2)21-16-11-12-16/h7-10,16-17H,5-6,11-13H2,1-4H3,(H2,19,20,21). The van der Waals surface area contributed by atoms with E-state index in [1.807, 2.05) is 0 Å². The summed E-state index contributed by atoms with van der Waals surface area (Å²) in [5, 5.41) is 6.81. The van der Waals surface area contributed by atoms with E-state index >= 15 is 0 Å². The van der Waals surface area contributed by atoms with Crippen LogP contribution in [0.3, 0.4) is 0 Å². The molecular formula is C18H30N4. The number of hydrogen-bond acceptors (Lipinski definition) is 2. The highest BCUT2D eigenvalue weighted by molar-refractivity contribution is 5.80. The molecule has 4 heteroatoms. The Kier molecular flexibility index (Phi) is 6.25. The van der Waals surface area contributed by atoms with Crippen LogP contribution in [0.2, 0.25) is 0 Å². The lowest BCUT2D eigenvalue weighted by atomic mass is 10.0. The highest BCUT2D eigenvalue weighted by Gasteiger charge is 2.22. The van der Waals surface area contributed by atoms with Gasteiger partial charge in [-0.05, 0) is 51.4 Å². The lowest BCUT2D eigenvalue weighted by molar-refractivity contribution is 0.306. The lowest BCUT2D eigenvalue weighted by Gasteiger charge is -2.24. The molecule has 1 aliphatic rings. The maximum atomic E-state index is 4.79. The van der Waals surface area contributed by atoms with Gasteiger partial charge in [0.15, 0.2) is 5.96 Å². The number of nitrogens with zero attached hydrogens (tertiary/aromatic N) is 2. The minimum atomic E-state index is 0.306. The summed E-state index contributed by atoms with van der Waals surface area (Å²) in [4.78, 5) is 7.03. The van der Waals surface area contributed by atoms with Crippen LogP contribution in [0.25, 0.3) is 0 Å². The average molecular weight is 302 g/mol. The van der Waals surface area contributed by atoms with Crippen molar-refractivity contribution in [2.45, 2.75) is 45.2 Å². The SMILES string of the molecule is CCNC(=NCC(c1ccc(CC)cc1)N(C)C)NC1CC1. The molecule has 0 heterocycles. The average Bonchev–Trinajstić information content (AvgIpc) is 3.32. The first-order chi connectivity index (χ1) is 10.6. The quantitative estimate of drug-likeness (QED) is 0.601. The Balaban J connectivity index is 2.05. The van der Waals surface area contributed by atoms with Gasteiger partial charge in [0.25, 0.3) is 0 Å². The van der Waals surface area contributed by atoms with E-state index in [-0.39, 0.29) is 0 Å². The highest BCUT2D eigenvalue weighted by atomic mass is 15.2. The number of aryl methyl sites for hydroxylation is 1. The van der Waals surface area contributed by atoms with Crippen LogP contribution in [0, 0.1) is 0 Å². The molecule has 0 aromatic heterocycles. The van der Waals surface area contributed by atoms with E-state index in [1.165, 1.54) is 24.0 Å². The zero-order chi connectivity index (χ0) is 15.9. The Labute approximate surface area is 135 Å². The highest BCUT2D eigenvalue weighted by Crippen LogP contribution is 2.20. The molecule has 1 aromatic rings. The van der Waals surface area contributed by atoms with Gasteiger partial charge in [0.1, 0.15) is 0 Å². The van der Waals surface area contributed by atoms with Crippen LogP contribution in [-0.4, -0.2) is 44.1 Å². The van der Waals surface area contributed by atoms with Gasteiger partial charge in [-0.25, -0.2) is 0 Å². The molecule has 2 rings (SSSR count). The molecule has 1 aliphatic carbocycles. The van der Waals surface area contributed by atoms with E-state index in [1.54, 1.807) is 0 Å². The smallest absolute Gasteiger partial charge is 0.191 e. The van der Waals surface area contributed by atoms with E-state index in [4.69, 9.17) is 4.99 Å². The number of likely N-dealkylation sites (N-methyl/N-ethyl adjacent to an activating group) is 1. The van der Waals surface area contributed by atoms with Crippen LogP contribution < -0.4 is 10.6 Å². The van der Waals surface area contributed by atoms with Crippen LogP contribution in [0.4, 0.5) is 0 Å². The molecule has 122 valence electrons. The molecule has 0 radical (unpaired) electrons. The van der Waals surface area contributed by atoms with E-state index in [0.717, 1.165) is 25.5 Å². The van der Waals surface area contributed by atoms with Crippen molar-refractivity contribution >= 4 is 5.96 Å². The van der Waals surface area contributed by atoms with Crippen LogP contribution in [0.15, 0.2) is 29.3 Å². The van der Waals surface area contributed by atoms with Gasteiger partial charge in [-0.3, -0.25) is 4.99 Å². The molecule has 2 N–H and O–H groups in total. The lowest BCUT2D eigenvalue weighted by Crippen LogP contribution is -2.39. The first-order valence-electron chi connectivity index (χ1n) is 8.44. The van der Waals surface area contributed by atoms with Gasteiger partial charge in [-0.2, -0.15) is 0 Å². The summed E-state index contributed by atoms with van der Waals surface area (Å²) < 4.78 is 0. The number of guanidine groups is 1. The second-order valence-corrected chi connectivity index (χ2v) is 6.21. The van der Waals surface area contributed by atoms with Gasteiger partial charge in [-0.1, -0.05) is 31.2 Å². The fraction of sp³-hybridized carbons (Fsp3) is 0.611. The Bertz CT molecular complexity index is 474. The Morgan fingerprint density at radius 3 is 2.41 bits per heavy atom. The Morgan fingerprint density at radius 2 is 1.91 bits per heavy atom. The Morgan fingerprint density at radius 1 is 1.23 bits per heavy atom. The molecule has 1 fully saturated rings. The fourth-order valence-electron chi connectivity index (χ4n) is 2.46. The van der Waals surface area contributed by atoms with E-state index in [0.29, 0.717) is 12.1 Å². The molecule has 0 amide bonds. The largest absolute Gasteiger partial charge is 0.357 e. The monoisotopic (exact) mass is 302 g/mol. The number of aliphatic imine (C=N–C) groups is 1. The maximum absolute atomic E-state index is 4.79. The van der Waals surface area contributed by atoms with E-state index in [9.17, 15) is 0 Å². The zero-order valence-corrected chi connectivity index (χ0v) is 14.4. The van der Waals surface area contributed by atoms with Gasteiger partial charge in [0.05, 0.1) is 12.6 Å². The van der Waals surface area contributed by atoms with Crippen molar-refractivity contribution in [1.29, 1.82) is 0 Å². The predicted molar refractivity (Wildman–Crippen MR) is 94.4 cm³/mol. The van der Waals surface area contributed by atoms with Crippen molar-refractivity contribution in [3.05, 3.63) is 35.4 Å². The topological polar surface area (TPSA) is 39.7 Å². The van der Waals surface area contributed by atoms with Crippen LogP contribution in [0.5, 0.6) is 0 Å². The Hall–Kier alpha value is -1.55. The molecule has 0 spiro atoms. The summed E-state index contributed by atoms with van der Waals surface area (Å²) >= 11 is 0. The predicted octanol–water partition coefficient (Wildman–Crippen LogP) is 2.57. The van der Waals surface area contributed by atoms with E-state index < -0.39 is 0 Å². The number of hydrogen-bond donors (Lipinski definition) is 2. The fourth-order valence-corrected chi connectivity index (χ4v) is 2.46. The molecule has 0 saturated heterocycles. The van der Waals surface area contributed by atoms with Crippen LogP contribution >= 0.6 is 0 Å². The first-order valence-corrected chi connectivity index (χ1v) is 8.44. The second-order valence-electron chi connectivity index (χ2n) is 6.21. The van der Waals surface area contributed by atoms with Gasteiger partial charge in [0.2, 0.25) is 0 Å². The maximum Gasteiger partial charge on any atom is 0.191 e. The molecule has 1 unspecified atom stereocenters. The molecule has 1 atom stereocenters. The minimum absolute atomic E-state index is 0.306. The molecule has 22 heavy (non-hydrogen) atoms. The number of benzene rings is 1. The van der Waals surface area contributed by atoms with Crippen molar-refractivity contribution in [2.75, 3.05) is 27.2 Å². The van der Waals surface area contributed by atoms with Crippen molar-refractivity contribution in [3.8, 4) is 0 Å². The summed E-state index contributed by atoms with van der Waals surface area (Å²) in [6.45, 7) is 5.96. The molecule has 4 nitrogen and oxygen atoms in total. The van der Waals surface area contributed by atoms with Gasteiger partial charge in [-0.15, -0.1) is 0 Å². The summed E-state index contributed by atoms with van der Waals surface area (Å²) in [5.41, 5.74) is 2.71. The van der Waals surface area contributed by atoms with Gasteiger partial charge < -0.3 is 15.5 Å². The normalized spacial score (nSPS) is 16.7. The van der Waals surface area contributed by atoms with Crippen molar-refractivity contribution in [2.24, 2.45) is 4.99 Å². The molecular weight excluding hydrogens is 272 g/mol. The summed E-state index contributed by atoms with van der Waals surface area (Å²) in [6, 6.07) is 9.85. The van der Waals surface area contributed by atoms with Gasteiger partial charge in [0, 0.05) is 12.6 Å². The van der Waals surface area contributed by atoms with Gasteiger partial charge >= 0.3 is 0 Å². The van der Waals surface area contributed by atoms with Crippen LogP contribution in [0.1, 0.15) is 43.9 Å². The molecule has 1 saturated carbocycles. The van der Waals surface area contributed by atoms with Crippen molar-refractivity contribution in [3.63, 3.8) is 0 Å². The molecule has 0 bridgehead atoms. The summed E-state index contributed by atoms with van der Waals surface area (Å²) in [5.74, 6) is 0.946.